The quantitative estimate of drug-likeness (QED) is 0.438. The maximum absolute atomic E-state index is 12.8. The van der Waals surface area contributed by atoms with Crippen LogP contribution >= 0.6 is 0 Å². The summed E-state index contributed by atoms with van der Waals surface area (Å²) < 4.78 is 0. The molecule has 114 valence electrons. The summed E-state index contributed by atoms with van der Waals surface area (Å²) in [5.41, 5.74) is 1.01. The molecule has 0 amide bonds. The zero-order chi connectivity index (χ0) is 16.2. The van der Waals surface area contributed by atoms with Gasteiger partial charge in [0.05, 0.1) is 4.92 Å². The molecule has 0 spiro atoms. The summed E-state index contributed by atoms with van der Waals surface area (Å²) >= 11 is 0. The Morgan fingerprint density at radius 2 is 1.78 bits per heavy atom. The van der Waals surface area contributed by atoms with Crippen LogP contribution in [0.1, 0.15) is 27.7 Å². The molecule has 1 unspecified atom stereocenters. The number of tetrazole rings is 1. The molecule has 0 aliphatic heterocycles. The van der Waals surface area contributed by atoms with Crippen molar-refractivity contribution in [3.8, 4) is 0 Å². The molecule has 3 aromatic rings. The number of aromatic nitrogens is 4. The fraction of sp³-hybridized carbons (Fsp3) is 0.0667. The number of carbonyl (C=O) groups excluding carboxylic acids is 1. The van der Waals surface area contributed by atoms with Crippen LogP contribution in [0.15, 0.2) is 54.6 Å². The molecule has 0 saturated heterocycles. The maximum Gasteiger partial charge on any atom is 0.269 e. The van der Waals surface area contributed by atoms with Gasteiger partial charge in [0.25, 0.3) is 5.69 Å². The number of Topliss-reactive ketones (excluding diaryl/α,β-unsaturated/α-hetero) is 1. The Morgan fingerprint density at radius 3 is 2.35 bits per heavy atom. The largest absolute Gasteiger partial charge is 0.293 e. The van der Waals surface area contributed by atoms with Gasteiger partial charge in [0, 0.05) is 17.7 Å². The van der Waals surface area contributed by atoms with E-state index < -0.39 is 10.8 Å². The summed E-state index contributed by atoms with van der Waals surface area (Å²) in [6, 6.07) is 14.5. The molecule has 0 fully saturated rings. The van der Waals surface area contributed by atoms with Crippen LogP contribution < -0.4 is 0 Å². The number of H-pyrrole nitrogens is 1. The Balaban J connectivity index is 2.03. The van der Waals surface area contributed by atoms with Gasteiger partial charge in [-0.3, -0.25) is 14.9 Å². The molecule has 1 N–H and O–H groups in total. The van der Waals surface area contributed by atoms with Crippen molar-refractivity contribution in [2.75, 3.05) is 0 Å². The number of ketones is 1. The number of rotatable bonds is 5. The molecule has 0 aliphatic rings. The number of hydrogen-bond donors (Lipinski definition) is 1. The number of benzene rings is 2. The second-order valence-corrected chi connectivity index (χ2v) is 4.78. The third-order valence-electron chi connectivity index (χ3n) is 3.38. The first-order valence-electron chi connectivity index (χ1n) is 6.74. The molecule has 0 aliphatic carbocycles. The van der Waals surface area contributed by atoms with Gasteiger partial charge in [-0.15, -0.1) is 10.2 Å². The van der Waals surface area contributed by atoms with Crippen LogP contribution in [0.3, 0.4) is 0 Å². The zero-order valence-electron chi connectivity index (χ0n) is 11.8. The van der Waals surface area contributed by atoms with E-state index in [0.717, 1.165) is 0 Å². The highest BCUT2D eigenvalue weighted by Gasteiger charge is 2.28. The van der Waals surface area contributed by atoms with Crippen LogP contribution in [-0.4, -0.2) is 31.3 Å². The molecule has 8 heteroatoms. The molecule has 23 heavy (non-hydrogen) atoms. The normalized spacial score (nSPS) is 11.8. The van der Waals surface area contributed by atoms with Crippen molar-refractivity contribution < 1.29 is 9.72 Å². The van der Waals surface area contributed by atoms with Gasteiger partial charge >= 0.3 is 0 Å². The predicted octanol–water partition coefficient (Wildman–Crippen LogP) is 2.12. The number of hydrogen-bond acceptors (Lipinski definition) is 6. The minimum absolute atomic E-state index is 0.0484. The Hall–Kier alpha value is -3.42. The average molecular weight is 310 g/mol. The van der Waals surface area contributed by atoms with E-state index in [1.54, 1.807) is 24.3 Å². The van der Waals surface area contributed by atoms with E-state index in [1.807, 2.05) is 6.07 Å². The van der Waals surface area contributed by atoms with Gasteiger partial charge in [0.15, 0.2) is 11.6 Å². The van der Waals surface area contributed by atoms with E-state index in [0.29, 0.717) is 11.1 Å². The number of nitrogens with zero attached hydrogens (tertiary/aromatic N) is 4. The monoisotopic (exact) mass is 310 g/mol. The van der Waals surface area contributed by atoms with E-state index >= 15 is 0 Å². The first kappa shape index (κ1) is 14.5. The first-order chi connectivity index (χ1) is 11.2. The second kappa shape index (κ2) is 6.14. The Labute approximate surface area is 130 Å². The third-order valence-corrected chi connectivity index (χ3v) is 3.38. The Morgan fingerprint density at radius 1 is 1.09 bits per heavy atom. The number of non-ortho nitro benzene ring substituents is 1. The predicted molar refractivity (Wildman–Crippen MR) is 79.9 cm³/mol. The summed E-state index contributed by atoms with van der Waals surface area (Å²) in [6.07, 6.45) is 0. The SMILES string of the molecule is O=C(c1ccccc1)C(c1ccc([N+](=O)[O-])cc1)[13c]1nn[nH]n1. The Bertz CT molecular complexity index is 816. The number of nitro groups is 1. The molecule has 2 aromatic carbocycles. The van der Waals surface area contributed by atoms with Crippen LogP contribution in [0.4, 0.5) is 5.69 Å². The minimum atomic E-state index is -0.781. The highest BCUT2D eigenvalue weighted by Crippen LogP contribution is 2.27. The first-order valence-corrected chi connectivity index (χ1v) is 6.74. The molecule has 1 heterocycles. The summed E-state index contributed by atoms with van der Waals surface area (Å²) in [5, 5.41) is 24.4. The van der Waals surface area contributed by atoms with E-state index in [9.17, 15) is 14.9 Å². The van der Waals surface area contributed by atoms with Crippen molar-refractivity contribution in [3.05, 3.63) is 81.7 Å². The van der Waals surface area contributed by atoms with Crippen molar-refractivity contribution in [1.82, 2.24) is 20.6 Å². The van der Waals surface area contributed by atoms with Crippen LogP contribution in [0.25, 0.3) is 0 Å². The summed E-state index contributed by atoms with van der Waals surface area (Å²) in [7, 11) is 0. The lowest BCUT2D eigenvalue weighted by Crippen LogP contribution is -2.16. The lowest BCUT2D eigenvalue weighted by molar-refractivity contribution is -0.384. The van der Waals surface area contributed by atoms with Gasteiger partial charge in [-0.1, -0.05) is 47.7 Å². The molecular formula is C15H11N5O3. The van der Waals surface area contributed by atoms with E-state index in [4.69, 9.17) is 0 Å². The number of nitro benzene ring substituents is 1. The Kier molecular flexibility index (Phi) is 3.88. The molecule has 0 bridgehead atoms. The fourth-order valence-corrected chi connectivity index (χ4v) is 2.27. The molecule has 3 rings (SSSR count). The molecule has 1 atom stereocenters. The van der Waals surface area contributed by atoms with E-state index in [2.05, 4.69) is 20.6 Å². The van der Waals surface area contributed by atoms with Gasteiger partial charge in [-0.05, 0) is 5.56 Å². The zero-order valence-corrected chi connectivity index (χ0v) is 11.8. The molecular weight excluding hydrogens is 299 g/mol. The number of aromatic amines is 1. The standard InChI is InChI=1S/C15H11N5O3/c21-14(11-4-2-1-3-5-11)13(15-16-18-19-17-15)10-6-8-12(9-7-10)20(22)23/h1-9,13H,(H,16,17,18,19)/i15+1. The number of carbonyl (C=O) groups is 1. The fourth-order valence-electron chi connectivity index (χ4n) is 2.27. The van der Waals surface area contributed by atoms with Gasteiger partial charge in [-0.2, -0.15) is 5.21 Å². The van der Waals surface area contributed by atoms with Crippen molar-refractivity contribution in [3.63, 3.8) is 0 Å². The van der Waals surface area contributed by atoms with Crippen molar-refractivity contribution >= 4 is 11.5 Å². The molecule has 1 aromatic heterocycles. The average Bonchev–Trinajstić information content (AvgIpc) is 3.10. The van der Waals surface area contributed by atoms with Crippen molar-refractivity contribution in [2.45, 2.75) is 5.92 Å². The maximum atomic E-state index is 12.8. The van der Waals surface area contributed by atoms with E-state index in [-0.39, 0.29) is 17.3 Å². The highest BCUT2D eigenvalue weighted by molar-refractivity contribution is 6.02. The summed E-state index contributed by atoms with van der Waals surface area (Å²) in [6.45, 7) is 0. The second-order valence-electron chi connectivity index (χ2n) is 4.78. The van der Waals surface area contributed by atoms with Crippen LogP contribution in [0.5, 0.6) is 0 Å². The van der Waals surface area contributed by atoms with Crippen molar-refractivity contribution in [2.24, 2.45) is 0 Å². The van der Waals surface area contributed by atoms with Crippen LogP contribution in [-0.2, 0) is 0 Å². The minimum Gasteiger partial charge on any atom is -0.293 e. The third kappa shape index (κ3) is 2.95. The van der Waals surface area contributed by atoms with Gasteiger partial charge in [0.1, 0.15) is 5.92 Å². The smallest absolute Gasteiger partial charge is 0.269 e. The van der Waals surface area contributed by atoms with Crippen LogP contribution in [0.2, 0.25) is 0 Å². The lowest BCUT2D eigenvalue weighted by Gasteiger charge is -2.12. The molecule has 0 radical (unpaired) electrons. The highest BCUT2D eigenvalue weighted by atomic mass is 16.6. The number of nitrogens with one attached hydrogen (secondary N) is 1. The lowest BCUT2D eigenvalue weighted by atomic mass is 9.95. The van der Waals surface area contributed by atoms with Gasteiger partial charge < -0.3 is 0 Å². The van der Waals surface area contributed by atoms with Gasteiger partial charge in [0.2, 0.25) is 0 Å². The molecule has 8 nitrogen and oxygen atoms in total. The molecule has 0 saturated carbocycles. The summed E-state index contributed by atoms with van der Waals surface area (Å²) in [4.78, 5) is 23.1. The van der Waals surface area contributed by atoms with Gasteiger partial charge in [-0.25, -0.2) is 0 Å². The van der Waals surface area contributed by atoms with Crippen LogP contribution in [0, 0.1) is 10.1 Å². The summed E-state index contributed by atoms with van der Waals surface area (Å²) in [5.74, 6) is -0.773. The topological polar surface area (TPSA) is 115 Å². The van der Waals surface area contributed by atoms with Crippen molar-refractivity contribution in [1.29, 1.82) is 0 Å². The van der Waals surface area contributed by atoms with E-state index in [1.165, 1.54) is 24.3 Å².